The van der Waals surface area contributed by atoms with E-state index in [1.807, 2.05) is 25.1 Å². The van der Waals surface area contributed by atoms with E-state index in [9.17, 15) is 14.4 Å². The molecule has 0 radical (unpaired) electrons. The number of methoxy groups -OCH3 is 2. The predicted molar refractivity (Wildman–Crippen MR) is 127 cm³/mol. The zero-order chi connectivity index (χ0) is 24.2. The average Bonchev–Trinajstić information content (AvgIpc) is 3.17. The number of ether oxygens (including phenoxy) is 2. The fraction of sp³-hybridized carbons (Fsp3) is 0.115. The van der Waals surface area contributed by atoms with Crippen LogP contribution in [-0.2, 0) is 19.1 Å². The summed E-state index contributed by atoms with van der Waals surface area (Å²) in [6.07, 6.45) is 6.44. The summed E-state index contributed by atoms with van der Waals surface area (Å²) in [5.41, 5.74) is 2.59. The number of aryl methyl sites for hydroxylation is 1. The Balaban J connectivity index is 1.65. The summed E-state index contributed by atoms with van der Waals surface area (Å²) >= 11 is 0. The van der Waals surface area contributed by atoms with Crippen molar-refractivity contribution in [2.45, 2.75) is 6.92 Å². The minimum absolute atomic E-state index is 0.0119. The van der Waals surface area contributed by atoms with E-state index in [0.29, 0.717) is 17.0 Å². The van der Waals surface area contributed by atoms with Crippen LogP contribution in [0.1, 0.15) is 16.1 Å². The Kier molecular flexibility index (Phi) is 6.31. The van der Waals surface area contributed by atoms with E-state index in [1.165, 1.54) is 25.2 Å². The summed E-state index contributed by atoms with van der Waals surface area (Å²) in [6, 6.07) is 14.3. The van der Waals surface area contributed by atoms with Gasteiger partial charge in [-0.05, 0) is 55.0 Å². The first kappa shape index (κ1) is 22.6. The molecule has 0 spiro atoms. The van der Waals surface area contributed by atoms with E-state index in [4.69, 9.17) is 13.9 Å². The lowest BCUT2D eigenvalue weighted by molar-refractivity contribution is -0.139. The Labute approximate surface area is 195 Å². The molecule has 0 unspecified atom stereocenters. The molecule has 0 saturated carbocycles. The largest absolute Gasteiger partial charge is 0.465 e. The molecule has 0 aliphatic carbocycles. The summed E-state index contributed by atoms with van der Waals surface area (Å²) in [4.78, 5) is 39.2. The smallest absolute Gasteiger partial charge is 0.355 e. The van der Waals surface area contributed by atoms with Crippen molar-refractivity contribution in [1.29, 1.82) is 0 Å². The Hall–Kier alpha value is -4.59. The number of hydrogen-bond acceptors (Lipinski definition) is 7. The molecule has 2 aromatic carbocycles. The van der Waals surface area contributed by atoms with Crippen LogP contribution >= 0.6 is 0 Å². The number of anilines is 2. The number of allylic oxidation sites excluding steroid dienone is 2. The van der Waals surface area contributed by atoms with Gasteiger partial charge in [-0.15, -0.1) is 0 Å². The van der Waals surface area contributed by atoms with Crippen LogP contribution in [0.5, 0.6) is 0 Å². The highest BCUT2D eigenvalue weighted by Gasteiger charge is 2.27. The van der Waals surface area contributed by atoms with Gasteiger partial charge in [-0.2, -0.15) is 0 Å². The molecular formula is C26H22N2O6. The van der Waals surface area contributed by atoms with Crippen molar-refractivity contribution >= 4 is 40.2 Å². The second-order valence-electron chi connectivity index (χ2n) is 7.42. The molecule has 3 aromatic rings. The van der Waals surface area contributed by atoms with Crippen LogP contribution in [0.15, 0.2) is 88.6 Å². The molecule has 2 heterocycles. The van der Waals surface area contributed by atoms with Gasteiger partial charge in [0, 0.05) is 23.0 Å². The lowest BCUT2D eigenvalue weighted by Gasteiger charge is -2.24. The van der Waals surface area contributed by atoms with Gasteiger partial charge in [0.15, 0.2) is 5.76 Å². The summed E-state index contributed by atoms with van der Waals surface area (Å²) < 4.78 is 15.4. The third-order valence-corrected chi connectivity index (χ3v) is 5.27. The van der Waals surface area contributed by atoms with Gasteiger partial charge >= 0.3 is 11.9 Å². The van der Waals surface area contributed by atoms with E-state index in [0.717, 1.165) is 10.9 Å². The topological polar surface area (TPSA) is 98.1 Å². The molecule has 1 amide bonds. The second kappa shape index (κ2) is 9.50. The van der Waals surface area contributed by atoms with Crippen molar-refractivity contribution < 1.29 is 28.3 Å². The molecular weight excluding hydrogens is 436 g/mol. The van der Waals surface area contributed by atoms with Crippen molar-refractivity contribution in [3.63, 3.8) is 0 Å². The fourth-order valence-corrected chi connectivity index (χ4v) is 3.58. The number of hydrogen-bond donors (Lipinski definition) is 1. The van der Waals surface area contributed by atoms with Crippen LogP contribution in [0.4, 0.5) is 11.4 Å². The Morgan fingerprint density at radius 2 is 1.71 bits per heavy atom. The van der Waals surface area contributed by atoms with Gasteiger partial charge in [-0.25, -0.2) is 9.59 Å². The highest BCUT2D eigenvalue weighted by Crippen LogP contribution is 2.30. The number of para-hydroxylation sites is 1. The number of carbonyl (C=O) groups excluding carboxylic acids is 3. The van der Waals surface area contributed by atoms with Crippen LogP contribution in [0.3, 0.4) is 0 Å². The Morgan fingerprint density at radius 3 is 2.41 bits per heavy atom. The van der Waals surface area contributed by atoms with Gasteiger partial charge in [-0.1, -0.05) is 24.3 Å². The monoisotopic (exact) mass is 458 g/mol. The number of rotatable bonds is 5. The maximum atomic E-state index is 12.7. The number of nitrogens with zero attached hydrogens (tertiary/aromatic N) is 1. The van der Waals surface area contributed by atoms with Crippen LogP contribution < -0.4 is 10.2 Å². The lowest BCUT2D eigenvalue weighted by atomic mass is 10.1. The van der Waals surface area contributed by atoms with Gasteiger partial charge in [0.25, 0.3) is 5.91 Å². The zero-order valence-corrected chi connectivity index (χ0v) is 18.8. The highest BCUT2D eigenvalue weighted by molar-refractivity contribution is 6.06. The maximum Gasteiger partial charge on any atom is 0.355 e. The molecule has 4 rings (SSSR count). The highest BCUT2D eigenvalue weighted by atomic mass is 16.5. The second-order valence-corrected chi connectivity index (χ2v) is 7.42. The normalized spacial score (nSPS) is 13.1. The molecule has 0 bridgehead atoms. The van der Waals surface area contributed by atoms with Gasteiger partial charge in [0.1, 0.15) is 11.3 Å². The predicted octanol–water partition coefficient (Wildman–Crippen LogP) is 4.48. The van der Waals surface area contributed by atoms with Crippen molar-refractivity contribution in [1.82, 2.24) is 0 Å². The molecule has 1 aromatic heterocycles. The molecule has 0 atom stereocenters. The van der Waals surface area contributed by atoms with Gasteiger partial charge in [0.05, 0.1) is 19.8 Å². The first-order valence-corrected chi connectivity index (χ1v) is 10.4. The summed E-state index contributed by atoms with van der Waals surface area (Å²) in [6.45, 7) is 1.82. The van der Waals surface area contributed by atoms with E-state index in [1.54, 1.807) is 48.7 Å². The number of amides is 1. The van der Waals surface area contributed by atoms with E-state index in [-0.39, 0.29) is 22.9 Å². The van der Waals surface area contributed by atoms with E-state index < -0.39 is 11.9 Å². The third-order valence-electron chi connectivity index (χ3n) is 5.27. The van der Waals surface area contributed by atoms with Gasteiger partial charge in [-0.3, -0.25) is 4.79 Å². The average molecular weight is 458 g/mol. The lowest BCUT2D eigenvalue weighted by Crippen LogP contribution is -2.27. The van der Waals surface area contributed by atoms with Crippen molar-refractivity contribution in [3.8, 4) is 0 Å². The minimum atomic E-state index is -0.698. The molecule has 1 N–H and O–H groups in total. The zero-order valence-electron chi connectivity index (χ0n) is 18.8. The molecule has 0 fully saturated rings. The number of nitrogens with one attached hydrogen (secondary N) is 1. The minimum Gasteiger partial charge on any atom is -0.465 e. The molecule has 0 saturated heterocycles. The molecule has 1 aliphatic heterocycles. The Morgan fingerprint density at radius 1 is 0.941 bits per heavy atom. The van der Waals surface area contributed by atoms with Crippen LogP contribution in [-0.4, -0.2) is 32.1 Å². The first-order chi connectivity index (χ1) is 16.4. The van der Waals surface area contributed by atoms with E-state index >= 15 is 0 Å². The number of carbonyl (C=O) groups is 3. The Bertz CT molecular complexity index is 1350. The van der Waals surface area contributed by atoms with Crippen molar-refractivity contribution in [2.75, 3.05) is 24.4 Å². The standard InChI is InChI=1S/C26H22N2O6/c1-16-14-18(28-13-7-6-9-19(25(30)32-2)23(28)26(31)33-3)11-12-20(16)27-24(29)22-15-17-8-4-5-10-21(17)34-22/h4-15H,1-3H3,(H,27,29). The molecule has 8 nitrogen and oxygen atoms in total. The molecule has 8 heteroatoms. The van der Waals surface area contributed by atoms with Crippen LogP contribution in [0.25, 0.3) is 11.0 Å². The SMILES string of the molecule is COC(=O)C1=C(C(=O)OC)N(c2ccc(NC(=O)c3cc4ccccc4o3)c(C)c2)C=CC=C1. The molecule has 172 valence electrons. The summed E-state index contributed by atoms with van der Waals surface area (Å²) in [5.74, 6) is -1.55. The number of benzene rings is 2. The van der Waals surface area contributed by atoms with Crippen molar-refractivity contribution in [3.05, 3.63) is 95.6 Å². The molecule has 34 heavy (non-hydrogen) atoms. The van der Waals surface area contributed by atoms with E-state index in [2.05, 4.69) is 5.32 Å². The van der Waals surface area contributed by atoms with Gasteiger partial charge in [0.2, 0.25) is 0 Å². The number of fused-ring (bicyclic) bond motifs is 1. The van der Waals surface area contributed by atoms with Crippen molar-refractivity contribution in [2.24, 2.45) is 0 Å². The van der Waals surface area contributed by atoms with Gasteiger partial charge < -0.3 is 24.1 Å². The quantitative estimate of drug-likeness (QED) is 0.563. The third kappa shape index (κ3) is 4.33. The summed E-state index contributed by atoms with van der Waals surface area (Å²) in [7, 11) is 2.48. The van der Waals surface area contributed by atoms with Crippen LogP contribution in [0.2, 0.25) is 0 Å². The fourth-order valence-electron chi connectivity index (χ4n) is 3.58. The molecule has 1 aliphatic rings. The maximum absolute atomic E-state index is 12.7. The van der Waals surface area contributed by atoms with Crippen LogP contribution in [0, 0.1) is 6.92 Å². The summed E-state index contributed by atoms with van der Waals surface area (Å²) in [5, 5.41) is 3.69. The number of esters is 2. The number of furan rings is 1. The first-order valence-electron chi connectivity index (χ1n) is 10.4.